The van der Waals surface area contributed by atoms with Crippen LogP contribution in [0.25, 0.3) is 44.5 Å². The number of nitrogens with zero attached hydrogens (tertiary/aromatic N) is 3. The van der Waals surface area contributed by atoms with Crippen molar-refractivity contribution in [3.8, 4) is 22.6 Å². The van der Waals surface area contributed by atoms with Crippen LogP contribution in [0.2, 0.25) is 0 Å². The zero-order chi connectivity index (χ0) is 34.0. The highest BCUT2D eigenvalue weighted by atomic mass is 16.3. The van der Waals surface area contributed by atoms with Crippen LogP contribution < -0.4 is 9.80 Å². The summed E-state index contributed by atoms with van der Waals surface area (Å²) in [6.45, 7) is 0. The standard InChI is InChI=1S/C47H33N3O/c1-6-17-34(18-7-1)35-29-31-41(32-30-35)49(38-22-10-3-11-23-38)42-28-16-21-37-33-43(50(39-24-12-4-13-25-39)40-26-14-5-15-27-40)45-46(44(37)42)51-47(48-45)36-19-8-2-9-20-36/h1-33H. The molecule has 0 saturated heterocycles. The maximum absolute atomic E-state index is 6.91. The Hall–Kier alpha value is -6.91. The third-order valence-electron chi connectivity index (χ3n) is 9.24. The van der Waals surface area contributed by atoms with Crippen LogP contribution >= 0.6 is 0 Å². The van der Waals surface area contributed by atoms with Gasteiger partial charge in [-0.2, -0.15) is 0 Å². The number of anilines is 6. The van der Waals surface area contributed by atoms with E-state index in [0.717, 1.165) is 61.6 Å². The van der Waals surface area contributed by atoms with Crippen LogP contribution in [-0.4, -0.2) is 4.98 Å². The molecule has 9 rings (SSSR count). The molecule has 0 aliphatic carbocycles. The van der Waals surface area contributed by atoms with E-state index < -0.39 is 0 Å². The van der Waals surface area contributed by atoms with E-state index in [9.17, 15) is 0 Å². The van der Waals surface area contributed by atoms with E-state index in [1.165, 1.54) is 11.1 Å². The molecule has 0 N–H and O–H groups in total. The quantitative estimate of drug-likeness (QED) is 0.163. The third-order valence-corrected chi connectivity index (χ3v) is 9.24. The van der Waals surface area contributed by atoms with Gasteiger partial charge in [0.05, 0.1) is 16.8 Å². The van der Waals surface area contributed by atoms with Crippen LogP contribution in [0.4, 0.5) is 34.1 Å². The topological polar surface area (TPSA) is 32.5 Å². The zero-order valence-corrected chi connectivity index (χ0v) is 27.8. The highest BCUT2D eigenvalue weighted by Crippen LogP contribution is 2.47. The lowest BCUT2D eigenvalue weighted by Crippen LogP contribution is -2.12. The summed E-state index contributed by atoms with van der Waals surface area (Å²) in [5, 5.41) is 2.03. The molecule has 0 saturated carbocycles. The molecule has 51 heavy (non-hydrogen) atoms. The number of aromatic nitrogens is 1. The van der Waals surface area contributed by atoms with Crippen molar-refractivity contribution < 1.29 is 4.42 Å². The van der Waals surface area contributed by atoms with Gasteiger partial charge >= 0.3 is 0 Å². The first-order valence-electron chi connectivity index (χ1n) is 17.1. The second-order valence-electron chi connectivity index (χ2n) is 12.4. The molecule has 4 nitrogen and oxygen atoms in total. The van der Waals surface area contributed by atoms with E-state index in [-0.39, 0.29) is 0 Å². The van der Waals surface area contributed by atoms with Gasteiger partial charge in [0.2, 0.25) is 5.89 Å². The lowest BCUT2D eigenvalue weighted by molar-refractivity contribution is 0.623. The van der Waals surface area contributed by atoms with E-state index in [4.69, 9.17) is 9.40 Å². The molecule has 8 aromatic carbocycles. The lowest BCUT2D eigenvalue weighted by atomic mass is 10.0. The molecule has 0 amide bonds. The van der Waals surface area contributed by atoms with Crippen LogP contribution in [0.5, 0.6) is 0 Å². The van der Waals surface area contributed by atoms with Gasteiger partial charge in [0.1, 0.15) is 5.52 Å². The summed E-state index contributed by atoms with van der Waals surface area (Å²) < 4.78 is 6.91. The normalized spacial score (nSPS) is 11.1. The van der Waals surface area contributed by atoms with Crippen molar-refractivity contribution >= 4 is 56.0 Å². The summed E-state index contributed by atoms with van der Waals surface area (Å²) in [5.74, 6) is 0.578. The molecule has 0 radical (unpaired) electrons. The number of hydrogen-bond acceptors (Lipinski definition) is 4. The van der Waals surface area contributed by atoms with Crippen molar-refractivity contribution in [1.29, 1.82) is 0 Å². The van der Waals surface area contributed by atoms with Gasteiger partial charge < -0.3 is 14.2 Å². The van der Waals surface area contributed by atoms with Gasteiger partial charge in [-0.05, 0) is 89.3 Å². The molecule has 9 aromatic rings. The van der Waals surface area contributed by atoms with Crippen molar-refractivity contribution in [3.05, 3.63) is 200 Å². The largest absolute Gasteiger partial charge is 0.435 e. The number of rotatable bonds is 8. The fraction of sp³-hybridized carbons (Fsp3) is 0. The Kier molecular flexibility index (Phi) is 7.80. The van der Waals surface area contributed by atoms with Gasteiger partial charge in [0.15, 0.2) is 5.58 Å². The van der Waals surface area contributed by atoms with Crippen molar-refractivity contribution in [2.24, 2.45) is 0 Å². The number of hydrogen-bond donors (Lipinski definition) is 0. The molecule has 0 aliphatic rings. The maximum Gasteiger partial charge on any atom is 0.227 e. The summed E-state index contributed by atoms with van der Waals surface area (Å²) in [5.41, 5.74) is 10.9. The fourth-order valence-electron chi connectivity index (χ4n) is 6.88. The molecule has 0 atom stereocenters. The first-order chi connectivity index (χ1) is 25.3. The second kappa shape index (κ2) is 13.2. The smallest absolute Gasteiger partial charge is 0.227 e. The minimum atomic E-state index is 0.578. The van der Waals surface area contributed by atoms with Crippen molar-refractivity contribution in [2.45, 2.75) is 0 Å². The summed E-state index contributed by atoms with van der Waals surface area (Å²) >= 11 is 0. The zero-order valence-electron chi connectivity index (χ0n) is 27.8. The summed E-state index contributed by atoms with van der Waals surface area (Å²) in [6.07, 6.45) is 0. The second-order valence-corrected chi connectivity index (χ2v) is 12.4. The van der Waals surface area contributed by atoms with Crippen LogP contribution in [0.3, 0.4) is 0 Å². The van der Waals surface area contributed by atoms with Crippen LogP contribution in [0, 0.1) is 0 Å². The molecule has 0 spiro atoms. The van der Waals surface area contributed by atoms with E-state index >= 15 is 0 Å². The Morgan fingerprint density at radius 1 is 0.373 bits per heavy atom. The first kappa shape index (κ1) is 30.2. The van der Waals surface area contributed by atoms with Crippen LogP contribution in [0.15, 0.2) is 205 Å². The molecule has 0 fully saturated rings. The van der Waals surface area contributed by atoms with Crippen molar-refractivity contribution in [3.63, 3.8) is 0 Å². The average Bonchev–Trinajstić information content (AvgIpc) is 3.67. The van der Waals surface area contributed by atoms with Gasteiger partial charge in [-0.1, -0.05) is 127 Å². The predicted octanol–water partition coefficient (Wildman–Crippen LogP) is 13.3. The van der Waals surface area contributed by atoms with Crippen molar-refractivity contribution in [2.75, 3.05) is 9.80 Å². The minimum Gasteiger partial charge on any atom is -0.435 e. The summed E-state index contributed by atoms with van der Waals surface area (Å²) in [4.78, 5) is 9.85. The number of benzene rings is 8. The molecule has 1 aromatic heterocycles. The van der Waals surface area contributed by atoms with Gasteiger partial charge in [-0.25, -0.2) is 4.98 Å². The Bertz CT molecular complexity index is 2510. The summed E-state index contributed by atoms with van der Waals surface area (Å²) in [7, 11) is 0. The van der Waals surface area contributed by atoms with E-state index in [0.29, 0.717) is 5.89 Å². The molecule has 4 heteroatoms. The van der Waals surface area contributed by atoms with E-state index in [1.54, 1.807) is 0 Å². The number of oxazole rings is 1. The molecule has 0 aliphatic heterocycles. The van der Waals surface area contributed by atoms with Gasteiger partial charge in [0, 0.05) is 28.3 Å². The Balaban J connectivity index is 1.32. The highest BCUT2D eigenvalue weighted by molar-refractivity contribution is 6.17. The van der Waals surface area contributed by atoms with Gasteiger partial charge in [-0.3, -0.25) is 0 Å². The molecule has 242 valence electrons. The van der Waals surface area contributed by atoms with Gasteiger partial charge in [-0.15, -0.1) is 0 Å². The molecular formula is C47H33N3O. The monoisotopic (exact) mass is 655 g/mol. The summed E-state index contributed by atoms with van der Waals surface area (Å²) in [6, 6.07) is 69.6. The average molecular weight is 656 g/mol. The highest BCUT2D eigenvalue weighted by Gasteiger charge is 2.25. The SMILES string of the molecule is c1ccc(-c2ccc(N(c3ccccc3)c3cccc4cc(N(c5ccccc5)c5ccccc5)c5nc(-c6ccccc6)oc5c34)cc2)cc1. The fourth-order valence-corrected chi connectivity index (χ4v) is 6.88. The molecule has 0 bridgehead atoms. The molecule has 0 unspecified atom stereocenters. The Morgan fingerprint density at radius 3 is 1.37 bits per heavy atom. The van der Waals surface area contributed by atoms with Crippen molar-refractivity contribution in [1.82, 2.24) is 4.98 Å². The third kappa shape index (κ3) is 5.69. The number of fused-ring (bicyclic) bond motifs is 3. The molecular weight excluding hydrogens is 623 g/mol. The van der Waals surface area contributed by atoms with E-state index in [1.807, 2.05) is 48.5 Å². The van der Waals surface area contributed by atoms with Crippen LogP contribution in [-0.2, 0) is 0 Å². The Morgan fingerprint density at radius 2 is 0.824 bits per heavy atom. The minimum absolute atomic E-state index is 0.578. The van der Waals surface area contributed by atoms with Crippen LogP contribution in [0.1, 0.15) is 0 Å². The molecule has 1 heterocycles. The van der Waals surface area contributed by atoms with E-state index in [2.05, 4.69) is 161 Å². The first-order valence-corrected chi connectivity index (χ1v) is 17.1. The number of para-hydroxylation sites is 3. The maximum atomic E-state index is 6.91. The van der Waals surface area contributed by atoms with Gasteiger partial charge in [0.25, 0.3) is 0 Å². The predicted molar refractivity (Wildman–Crippen MR) is 212 cm³/mol. The lowest BCUT2D eigenvalue weighted by Gasteiger charge is -2.28. The Labute approximate surface area is 297 Å².